The second-order valence-corrected chi connectivity index (χ2v) is 21.4. The maximum atomic E-state index is 14.9. The van der Waals surface area contributed by atoms with E-state index in [2.05, 4.69) is 31.2 Å². The van der Waals surface area contributed by atoms with Crippen LogP contribution in [0, 0.1) is 38.5 Å². The van der Waals surface area contributed by atoms with Crippen LogP contribution in [0.3, 0.4) is 0 Å². The van der Waals surface area contributed by atoms with Crippen LogP contribution in [0.2, 0.25) is 0 Å². The van der Waals surface area contributed by atoms with Crippen molar-refractivity contribution < 1.29 is 43.4 Å². The van der Waals surface area contributed by atoms with Crippen LogP contribution in [0.15, 0.2) is 24.5 Å². The molecule has 71 heavy (non-hydrogen) atoms. The normalized spacial score (nSPS) is 24.5. The van der Waals surface area contributed by atoms with Gasteiger partial charge in [0.05, 0.1) is 73.4 Å². The number of alkyl halides is 2. The molecule has 19 nitrogen and oxygen atoms in total. The number of aliphatic hydroxyl groups excluding tert-OH is 3. The molecule has 0 amide bonds. The van der Waals surface area contributed by atoms with Crippen molar-refractivity contribution in [2.75, 3.05) is 54.2 Å². The first kappa shape index (κ1) is 50.8. The molecule has 1 aliphatic heterocycles. The van der Waals surface area contributed by atoms with E-state index in [1.807, 2.05) is 33.8 Å². The Morgan fingerprint density at radius 1 is 0.775 bits per heavy atom. The summed E-state index contributed by atoms with van der Waals surface area (Å²) < 4.78 is 49.1. The summed E-state index contributed by atoms with van der Waals surface area (Å²) in [6.07, 6.45) is -3.19. The van der Waals surface area contributed by atoms with Crippen LogP contribution in [-0.2, 0) is 9.47 Å². The van der Waals surface area contributed by atoms with Gasteiger partial charge in [-0.15, -0.1) is 22.7 Å². The lowest BCUT2D eigenvalue weighted by molar-refractivity contribution is -0.0601. The molecule has 9 atom stereocenters. The first-order chi connectivity index (χ1) is 34.0. The van der Waals surface area contributed by atoms with E-state index in [-0.39, 0.29) is 24.8 Å². The van der Waals surface area contributed by atoms with Crippen molar-refractivity contribution in [3.05, 3.63) is 41.6 Å². The van der Waals surface area contributed by atoms with Crippen molar-refractivity contribution in [2.45, 2.75) is 129 Å². The number of ether oxygens (including phenoxy) is 3. The van der Waals surface area contributed by atoms with Crippen molar-refractivity contribution in [1.82, 2.24) is 39.9 Å². The number of aryl methyl sites for hydroxylation is 3. The quantitative estimate of drug-likeness (QED) is 0.0465. The third-order valence-electron chi connectivity index (χ3n) is 13.8. The molecular formula is C48H62F2N12O7S2. The minimum atomic E-state index is -2.87. The average Bonchev–Trinajstić information content (AvgIpc) is 4.10. The van der Waals surface area contributed by atoms with E-state index in [4.69, 9.17) is 44.1 Å². The second kappa shape index (κ2) is 21.1. The zero-order valence-corrected chi connectivity index (χ0v) is 42.3. The topological polar surface area (TPSA) is 260 Å². The zero-order valence-electron chi connectivity index (χ0n) is 40.7. The molecule has 3 aliphatic rings. The number of nitrogens with one attached hydrogen (secondary N) is 4. The van der Waals surface area contributed by atoms with Gasteiger partial charge in [-0.25, -0.2) is 33.7 Å². The fraction of sp³-hybridized carbons (Fsp3) is 0.583. The predicted molar refractivity (Wildman–Crippen MR) is 268 cm³/mol. The molecule has 6 aromatic heterocycles. The van der Waals surface area contributed by atoms with Crippen molar-refractivity contribution >= 4 is 66.6 Å². The van der Waals surface area contributed by atoms with Gasteiger partial charge in [0.1, 0.15) is 51.0 Å². The second-order valence-electron chi connectivity index (χ2n) is 19.3. The molecule has 0 spiro atoms. The number of anilines is 4. The highest BCUT2D eigenvalue weighted by Gasteiger charge is 2.50. The maximum Gasteiger partial charge on any atom is 0.244 e. The average molecular weight is 1020 g/mol. The summed E-state index contributed by atoms with van der Waals surface area (Å²) in [5, 5.41) is 59.3. The lowest BCUT2D eigenvalue weighted by Gasteiger charge is -2.28. The molecule has 2 saturated carbocycles. The minimum Gasteiger partial charge on any atom is -0.468 e. The van der Waals surface area contributed by atoms with Crippen molar-refractivity contribution in [2.24, 2.45) is 17.8 Å². The van der Waals surface area contributed by atoms with Gasteiger partial charge in [-0.05, 0) is 92.2 Å². The Bertz CT molecular complexity index is 2830. The summed E-state index contributed by atoms with van der Waals surface area (Å²) in [7, 11) is 0. The number of hydrogen-bond donors (Lipinski definition) is 8. The van der Waals surface area contributed by atoms with Gasteiger partial charge >= 0.3 is 0 Å². The van der Waals surface area contributed by atoms with E-state index in [0.29, 0.717) is 105 Å². The molecule has 0 radical (unpaired) electrons. The molecule has 2 aliphatic carbocycles. The van der Waals surface area contributed by atoms with E-state index in [9.17, 15) is 29.2 Å². The molecule has 1 unspecified atom stereocenters. The Labute approximate surface area is 417 Å². The van der Waals surface area contributed by atoms with Crippen LogP contribution in [0.1, 0.15) is 70.5 Å². The standard InChI is InChI=1S/C48H62F2N12O7S2/c1-8-68-21(2)19-53-46-55-22(3)32(41(61-46)57-28-18-27(48(6,7)66)37(64)38(28)65)45-60-35-31(71-45)10-14-52-43(35)69-39-29(17-26(36(39)63)40(49)50)58-42-33(44-59-34-24(5)51-13-9-30(34)70-44)23(4)56-47(62-42)54-20-25-11-15-67-16-12-25/h9-10,13-14,21,25-29,36-40,63-66H,8,11-12,15-20H2,1-7H3,(H2,53,55,57,61)(H2,54,56,58,62)/t21-,26+,27+,28?,29-,36-,37-,38+,39+/m1/s1. The van der Waals surface area contributed by atoms with Crippen LogP contribution in [-0.4, -0.2) is 148 Å². The van der Waals surface area contributed by atoms with Gasteiger partial charge in [-0.2, -0.15) is 9.97 Å². The highest BCUT2D eigenvalue weighted by Crippen LogP contribution is 2.44. The van der Waals surface area contributed by atoms with Crippen molar-refractivity contribution in [3.8, 4) is 27.0 Å². The molecule has 0 bridgehead atoms. The number of pyridine rings is 2. The number of halogens is 2. The molecule has 9 rings (SSSR count). The van der Waals surface area contributed by atoms with Gasteiger partial charge in [-0.3, -0.25) is 4.98 Å². The van der Waals surface area contributed by atoms with Gasteiger partial charge in [0.2, 0.25) is 24.2 Å². The van der Waals surface area contributed by atoms with Crippen LogP contribution < -0.4 is 26.0 Å². The van der Waals surface area contributed by atoms with Gasteiger partial charge in [-0.1, -0.05) is 0 Å². The van der Waals surface area contributed by atoms with E-state index in [1.54, 1.807) is 33.0 Å². The Morgan fingerprint density at radius 2 is 1.38 bits per heavy atom. The minimum absolute atomic E-state index is 0.0152. The number of aliphatic hydroxyl groups is 4. The molecular weight excluding hydrogens is 959 g/mol. The van der Waals surface area contributed by atoms with E-state index in [1.165, 1.54) is 28.9 Å². The van der Waals surface area contributed by atoms with Crippen LogP contribution in [0.25, 0.3) is 41.6 Å². The Hall–Kier alpha value is -5.14. The fourth-order valence-electron chi connectivity index (χ4n) is 9.86. The largest absolute Gasteiger partial charge is 0.468 e. The van der Waals surface area contributed by atoms with Crippen LogP contribution in [0.4, 0.5) is 32.3 Å². The Balaban J connectivity index is 1.06. The third kappa shape index (κ3) is 10.8. The number of aromatic nitrogens is 8. The first-order valence-electron chi connectivity index (χ1n) is 24.1. The first-order valence-corrected chi connectivity index (χ1v) is 25.8. The number of rotatable bonds is 18. The summed E-state index contributed by atoms with van der Waals surface area (Å²) in [5.74, 6) is -0.400. The number of hydrogen-bond acceptors (Lipinski definition) is 21. The molecule has 1 saturated heterocycles. The monoisotopic (exact) mass is 1020 g/mol. The highest BCUT2D eigenvalue weighted by molar-refractivity contribution is 7.22. The summed E-state index contributed by atoms with van der Waals surface area (Å²) in [5.41, 5.74) is 2.75. The predicted octanol–water partition coefficient (Wildman–Crippen LogP) is 6.38. The lowest BCUT2D eigenvalue weighted by Crippen LogP contribution is -2.41. The summed E-state index contributed by atoms with van der Waals surface area (Å²) >= 11 is 2.74. The summed E-state index contributed by atoms with van der Waals surface area (Å²) in [6.45, 7) is 15.5. The number of fused-ring (bicyclic) bond motifs is 2. The van der Waals surface area contributed by atoms with Crippen LogP contribution >= 0.6 is 22.7 Å². The third-order valence-corrected chi connectivity index (χ3v) is 15.8. The maximum absolute atomic E-state index is 14.9. The molecule has 3 fully saturated rings. The fourth-order valence-corrected chi connectivity index (χ4v) is 12.0. The molecule has 8 N–H and O–H groups in total. The summed E-state index contributed by atoms with van der Waals surface area (Å²) in [4.78, 5) is 38.3. The van der Waals surface area contributed by atoms with E-state index >= 15 is 0 Å². The summed E-state index contributed by atoms with van der Waals surface area (Å²) in [6, 6.07) is 2.04. The van der Waals surface area contributed by atoms with Crippen LogP contribution in [0.5, 0.6) is 5.88 Å². The van der Waals surface area contributed by atoms with E-state index < -0.39 is 60.4 Å². The molecule has 7 heterocycles. The lowest BCUT2D eigenvalue weighted by atomic mass is 9.88. The van der Waals surface area contributed by atoms with Crippen molar-refractivity contribution in [1.29, 1.82) is 0 Å². The highest BCUT2D eigenvalue weighted by atomic mass is 32.1. The van der Waals surface area contributed by atoms with Gasteiger partial charge < -0.3 is 55.9 Å². The molecule has 382 valence electrons. The number of thiazole rings is 2. The van der Waals surface area contributed by atoms with Gasteiger partial charge in [0.25, 0.3) is 0 Å². The molecule has 0 aromatic carbocycles. The zero-order chi connectivity index (χ0) is 50.3. The SMILES string of the molecule is CCO[C@H](C)CNc1nc(C)c(-c2nc3c(O[C@@H]4[C@H](O)[C@@H](C(F)F)C[C@H]4Nc4nc(NCC5CCOCC5)nc(C)c4-c4nc5c(C)nccc5s4)nccc3s2)c(NC2C[C@H](C(C)(C)O)[C@@H](O)[C@H]2O)n1. The smallest absolute Gasteiger partial charge is 0.244 e. The van der Waals surface area contributed by atoms with Gasteiger partial charge in [0.15, 0.2) is 0 Å². The van der Waals surface area contributed by atoms with E-state index in [0.717, 1.165) is 28.8 Å². The Kier molecular flexibility index (Phi) is 15.1. The Morgan fingerprint density at radius 3 is 1.99 bits per heavy atom. The van der Waals surface area contributed by atoms with Crippen molar-refractivity contribution in [3.63, 3.8) is 0 Å². The molecule has 6 aromatic rings. The molecule has 23 heteroatoms. The van der Waals surface area contributed by atoms with Gasteiger partial charge in [0, 0.05) is 51.2 Å². The number of nitrogens with zero attached hydrogens (tertiary/aromatic N) is 8.